The average Bonchev–Trinajstić information content (AvgIpc) is 3.25. The lowest BCUT2D eigenvalue weighted by Gasteiger charge is -2.30. The van der Waals surface area contributed by atoms with E-state index in [1.54, 1.807) is 10.9 Å². The predicted molar refractivity (Wildman–Crippen MR) is 121 cm³/mol. The number of aliphatic hydroxyl groups excluding tert-OH is 1. The fraction of sp³-hybridized carbons (Fsp3) is 0.391. The summed E-state index contributed by atoms with van der Waals surface area (Å²) in [6.07, 6.45) is 6.53. The van der Waals surface area contributed by atoms with Gasteiger partial charge in [0, 0.05) is 36.6 Å². The summed E-state index contributed by atoms with van der Waals surface area (Å²) in [5.74, 6) is 3.15. The van der Waals surface area contributed by atoms with E-state index in [0.717, 1.165) is 35.3 Å². The van der Waals surface area contributed by atoms with Crippen molar-refractivity contribution >= 4 is 17.2 Å². The number of ether oxygens (including phenoxy) is 1. The molecule has 4 aromatic heterocycles. The third-order valence-corrected chi connectivity index (χ3v) is 5.97. The number of fused-ring (bicyclic) bond motifs is 1. The van der Waals surface area contributed by atoms with E-state index in [0.29, 0.717) is 29.1 Å². The molecule has 4 heterocycles. The molecule has 0 aromatic carbocycles. The molecular formula is C23H27N7O2. The first kappa shape index (κ1) is 20.4. The van der Waals surface area contributed by atoms with Crippen molar-refractivity contribution in [2.45, 2.75) is 39.2 Å². The summed E-state index contributed by atoms with van der Waals surface area (Å²) in [6.45, 7) is 4.09. The topological polar surface area (TPSA) is 102 Å². The molecule has 1 fully saturated rings. The van der Waals surface area contributed by atoms with Crippen LogP contribution in [0, 0.1) is 19.8 Å². The first-order valence-electron chi connectivity index (χ1n) is 10.9. The molecule has 1 atom stereocenters. The summed E-state index contributed by atoms with van der Waals surface area (Å²) < 4.78 is 9.57. The summed E-state index contributed by atoms with van der Waals surface area (Å²) in [4.78, 5) is 8.72. The highest BCUT2D eigenvalue weighted by molar-refractivity contribution is 5.72. The molecule has 5 rings (SSSR count). The van der Waals surface area contributed by atoms with Crippen molar-refractivity contribution in [3.8, 4) is 17.0 Å². The lowest BCUT2D eigenvalue weighted by Crippen LogP contribution is -2.31. The van der Waals surface area contributed by atoms with Gasteiger partial charge >= 0.3 is 0 Å². The quantitative estimate of drug-likeness (QED) is 0.460. The lowest BCUT2D eigenvalue weighted by atomic mass is 9.81. The van der Waals surface area contributed by atoms with Gasteiger partial charge in [-0.25, -0.2) is 14.5 Å². The molecule has 0 spiro atoms. The molecule has 1 aliphatic rings. The van der Waals surface area contributed by atoms with Gasteiger partial charge in [-0.1, -0.05) is 6.42 Å². The van der Waals surface area contributed by atoms with E-state index >= 15 is 0 Å². The number of rotatable bonds is 7. The first-order chi connectivity index (χ1) is 15.5. The summed E-state index contributed by atoms with van der Waals surface area (Å²) in [5, 5.41) is 22.5. The lowest BCUT2D eigenvalue weighted by molar-refractivity contribution is 0.0242. The minimum atomic E-state index is -0.434. The zero-order valence-electron chi connectivity index (χ0n) is 18.5. The van der Waals surface area contributed by atoms with E-state index in [-0.39, 0.29) is 6.61 Å². The molecule has 0 aliphatic heterocycles. The van der Waals surface area contributed by atoms with Gasteiger partial charge in [0.15, 0.2) is 11.6 Å². The molecule has 0 amide bonds. The number of hydrogen-bond donors (Lipinski definition) is 2. The van der Waals surface area contributed by atoms with E-state index < -0.39 is 6.10 Å². The van der Waals surface area contributed by atoms with Gasteiger partial charge in [0.05, 0.1) is 17.8 Å². The number of nitrogens with zero attached hydrogens (tertiary/aromatic N) is 6. The largest absolute Gasteiger partial charge is 0.487 e. The third-order valence-electron chi connectivity index (χ3n) is 5.97. The molecule has 1 saturated carbocycles. The number of anilines is 2. The number of aryl methyl sites for hydroxylation is 3. The normalized spacial score (nSPS) is 15.0. The molecule has 0 saturated heterocycles. The van der Waals surface area contributed by atoms with Crippen LogP contribution in [0.15, 0.2) is 36.7 Å². The van der Waals surface area contributed by atoms with Crippen molar-refractivity contribution in [2.75, 3.05) is 11.9 Å². The van der Waals surface area contributed by atoms with Gasteiger partial charge in [-0.15, -0.1) is 0 Å². The van der Waals surface area contributed by atoms with Crippen LogP contribution in [0.2, 0.25) is 0 Å². The van der Waals surface area contributed by atoms with Gasteiger partial charge in [0.2, 0.25) is 0 Å². The van der Waals surface area contributed by atoms with E-state index in [4.69, 9.17) is 4.74 Å². The average molecular weight is 434 g/mol. The maximum Gasteiger partial charge on any atom is 0.165 e. The fourth-order valence-electron chi connectivity index (χ4n) is 4.10. The Morgan fingerprint density at radius 3 is 2.78 bits per heavy atom. The zero-order chi connectivity index (χ0) is 22.2. The van der Waals surface area contributed by atoms with Gasteiger partial charge < -0.3 is 15.2 Å². The second kappa shape index (κ2) is 8.23. The van der Waals surface area contributed by atoms with Crippen molar-refractivity contribution in [2.24, 2.45) is 13.0 Å². The third kappa shape index (κ3) is 4.03. The Morgan fingerprint density at radius 1 is 1.19 bits per heavy atom. The van der Waals surface area contributed by atoms with Crippen LogP contribution in [0.1, 0.15) is 30.8 Å². The Labute approximate surface area is 186 Å². The van der Waals surface area contributed by atoms with Crippen LogP contribution in [-0.4, -0.2) is 47.2 Å². The summed E-state index contributed by atoms with van der Waals surface area (Å²) in [5.41, 5.74) is 3.66. The SMILES string of the molecule is Cc1cc(Nc2cc3cc(-c4c(OC[C@@H](O)C5CCC5)cnn4C)ccn3n2)nc(C)n1. The predicted octanol–water partition coefficient (Wildman–Crippen LogP) is 3.43. The highest BCUT2D eigenvalue weighted by atomic mass is 16.5. The van der Waals surface area contributed by atoms with Crippen LogP contribution in [0.4, 0.5) is 11.6 Å². The highest BCUT2D eigenvalue weighted by Crippen LogP contribution is 2.33. The Bertz CT molecular complexity index is 1240. The van der Waals surface area contributed by atoms with E-state index in [9.17, 15) is 5.11 Å². The smallest absolute Gasteiger partial charge is 0.165 e. The number of aromatic nitrogens is 6. The van der Waals surface area contributed by atoms with Crippen LogP contribution in [0.3, 0.4) is 0 Å². The van der Waals surface area contributed by atoms with E-state index in [1.165, 1.54) is 6.42 Å². The van der Waals surface area contributed by atoms with Crippen LogP contribution in [0.5, 0.6) is 5.75 Å². The van der Waals surface area contributed by atoms with Crippen LogP contribution in [0.25, 0.3) is 16.8 Å². The van der Waals surface area contributed by atoms with Crippen molar-refractivity contribution in [3.63, 3.8) is 0 Å². The number of pyridine rings is 1. The summed E-state index contributed by atoms with van der Waals surface area (Å²) >= 11 is 0. The minimum Gasteiger partial charge on any atom is -0.487 e. The Hall–Kier alpha value is -3.46. The Balaban J connectivity index is 1.38. The molecule has 9 nitrogen and oxygen atoms in total. The molecule has 166 valence electrons. The van der Waals surface area contributed by atoms with Crippen molar-refractivity contribution in [1.29, 1.82) is 0 Å². The van der Waals surface area contributed by atoms with Gasteiger partial charge in [-0.05, 0) is 44.7 Å². The number of aliphatic hydroxyl groups is 1. The number of hydrogen-bond acceptors (Lipinski definition) is 7. The van der Waals surface area contributed by atoms with Crippen LogP contribution < -0.4 is 10.1 Å². The van der Waals surface area contributed by atoms with Crippen molar-refractivity contribution in [1.82, 2.24) is 29.4 Å². The standard InChI is InChI=1S/C23H27N7O2/c1-14-9-21(26-15(2)25-14)27-22-11-18-10-17(7-8-30(18)28-22)23-20(12-24-29(23)3)32-13-19(31)16-5-4-6-16/h7-12,16,19,31H,4-6,13H2,1-3H3,(H,25,26,27,28)/t19-/m1/s1. The molecule has 2 N–H and O–H groups in total. The number of nitrogens with one attached hydrogen (secondary N) is 1. The Morgan fingerprint density at radius 2 is 2.03 bits per heavy atom. The van der Waals surface area contributed by atoms with Crippen molar-refractivity contribution in [3.05, 3.63) is 48.2 Å². The maximum atomic E-state index is 10.3. The molecule has 1 aliphatic carbocycles. The van der Waals surface area contributed by atoms with Gasteiger partial charge in [0.25, 0.3) is 0 Å². The molecule has 0 bridgehead atoms. The minimum absolute atomic E-state index is 0.282. The van der Waals surface area contributed by atoms with Gasteiger partial charge in [-0.3, -0.25) is 4.68 Å². The van der Waals surface area contributed by atoms with E-state index in [2.05, 4.69) is 25.5 Å². The second-order valence-electron chi connectivity index (χ2n) is 8.43. The van der Waals surface area contributed by atoms with E-state index in [1.807, 2.05) is 55.9 Å². The van der Waals surface area contributed by atoms with Gasteiger partial charge in [-0.2, -0.15) is 10.2 Å². The van der Waals surface area contributed by atoms with Crippen molar-refractivity contribution < 1.29 is 9.84 Å². The van der Waals surface area contributed by atoms with Gasteiger partial charge in [0.1, 0.15) is 23.9 Å². The fourth-order valence-corrected chi connectivity index (χ4v) is 4.10. The van der Waals surface area contributed by atoms with Crippen LogP contribution in [-0.2, 0) is 7.05 Å². The summed E-state index contributed by atoms with van der Waals surface area (Å²) in [6, 6.07) is 7.88. The Kier molecular flexibility index (Phi) is 5.26. The van der Waals surface area contributed by atoms with Crippen LogP contribution >= 0.6 is 0 Å². The zero-order valence-corrected chi connectivity index (χ0v) is 18.5. The second-order valence-corrected chi connectivity index (χ2v) is 8.43. The first-order valence-corrected chi connectivity index (χ1v) is 10.9. The summed E-state index contributed by atoms with van der Waals surface area (Å²) in [7, 11) is 1.89. The maximum absolute atomic E-state index is 10.3. The monoisotopic (exact) mass is 433 g/mol. The molecule has 9 heteroatoms. The highest BCUT2D eigenvalue weighted by Gasteiger charge is 2.26. The molecule has 0 unspecified atom stereocenters. The molecular weight excluding hydrogens is 406 g/mol. The molecule has 32 heavy (non-hydrogen) atoms. The molecule has 4 aromatic rings. The molecule has 0 radical (unpaired) electrons.